The van der Waals surface area contributed by atoms with E-state index in [-0.39, 0.29) is 19.4 Å². The number of ether oxygens (including phenoxy) is 3. The van der Waals surface area contributed by atoms with Gasteiger partial charge in [0.2, 0.25) is 5.91 Å². The summed E-state index contributed by atoms with van der Waals surface area (Å²) in [5.74, 6) is -1.22. The summed E-state index contributed by atoms with van der Waals surface area (Å²) in [6.45, 7) is 5.64. The van der Waals surface area contributed by atoms with Crippen LogP contribution < -0.4 is 5.32 Å². The van der Waals surface area contributed by atoms with Crippen molar-refractivity contribution in [2.75, 3.05) is 13.2 Å². The maximum atomic E-state index is 13.4. The number of hydrogen-bond donors (Lipinski definition) is 6. The fourth-order valence-corrected chi connectivity index (χ4v) is 9.66. The van der Waals surface area contributed by atoms with Gasteiger partial charge in [-0.1, -0.05) is 267 Å². The second-order valence-corrected chi connectivity index (χ2v) is 21.8. The van der Waals surface area contributed by atoms with Crippen molar-refractivity contribution in [1.82, 2.24) is 5.32 Å². The monoisotopic (exact) mass is 1080 g/mol. The minimum atomic E-state index is -1.62. The molecule has 1 rings (SSSR count). The van der Waals surface area contributed by atoms with Gasteiger partial charge in [0.25, 0.3) is 0 Å². The molecule has 0 radical (unpaired) electrons. The molecule has 8 unspecified atom stereocenters. The van der Waals surface area contributed by atoms with E-state index in [1.807, 2.05) is 42.5 Å². The number of allylic oxidation sites excluding steroid dienone is 11. The fraction of sp³-hybridized carbons (Fsp3) is 0.788. The van der Waals surface area contributed by atoms with Crippen LogP contribution in [0.15, 0.2) is 72.9 Å². The molecule has 1 heterocycles. The molecular weight excluding hydrogens is 967 g/mol. The average Bonchev–Trinajstić information content (AvgIpc) is 3.43. The standard InChI is InChI=1S/C66H117NO10/c1-4-7-10-13-16-19-22-25-27-28-29-30-31-32-33-36-39-42-45-48-51-54-61(71)77-64-63(73)62(72)60(55-68)76-66(64)75-56-57(58(69)52-49-46-43-40-37-34-24-21-18-15-12-9-6-3)67-65(74)59(70)53-50-47-44-41-38-35-26-23-20-17-14-11-8-5-2/h8,11,14,17,20,23,25-27,35,49,52,57-60,62-64,66,68-70,72-73H,4-7,9-10,12-13,15-16,18-19,21-22,24,28-34,36-48,50-51,53-56H2,1-3H3,(H,67,74)/b11-8+,17-14+,23-20+,27-25+,35-26-,52-49+. The Morgan fingerprint density at radius 3 is 1.44 bits per heavy atom. The van der Waals surface area contributed by atoms with Gasteiger partial charge in [-0.2, -0.15) is 0 Å². The predicted molar refractivity (Wildman–Crippen MR) is 319 cm³/mol. The molecule has 0 aliphatic carbocycles. The summed E-state index contributed by atoms with van der Waals surface area (Å²) in [4.78, 5) is 26.6. The number of carbonyl (C=O) groups excluding carboxylic acids is 2. The molecule has 1 aliphatic heterocycles. The van der Waals surface area contributed by atoms with Gasteiger partial charge in [-0.3, -0.25) is 9.59 Å². The molecule has 0 aromatic rings. The maximum Gasteiger partial charge on any atom is 0.306 e. The molecule has 1 amide bonds. The van der Waals surface area contributed by atoms with Crippen molar-refractivity contribution in [2.24, 2.45) is 0 Å². The third-order valence-corrected chi connectivity index (χ3v) is 14.7. The van der Waals surface area contributed by atoms with Crippen molar-refractivity contribution in [3.05, 3.63) is 72.9 Å². The van der Waals surface area contributed by atoms with Crippen LogP contribution in [0.2, 0.25) is 0 Å². The Hall–Kier alpha value is -2.90. The molecule has 11 nitrogen and oxygen atoms in total. The van der Waals surface area contributed by atoms with Crippen LogP contribution in [0.3, 0.4) is 0 Å². The van der Waals surface area contributed by atoms with Gasteiger partial charge >= 0.3 is 5.97 Å². The molecule has 11 heteroatoms. The van der Waals surface area contributed by atoms with Crippen molar-refractivity contribution in [2.45, 2.75) is 320 Å². The molecule has 1 fully saturated rings. The molecular formula is C66H117NO10. The van der Waals surface area contributed by atoms with E-state index in [4.69, 9.17) is 14.2 Å². The summed E-state index contributed by atoms with van der Waals surface area (Å²) in [7, 11) is 0. The van der Waals surface area contributed by atoms with Gasteiger partial charge in [-0.25, -0.2) is 0 Å². The molecule has 8 atom stereocenters. The Bertz CT molecular complexity index is 1530. The second-order valence-electron chi connectivity index (χ2n) is 21.8. The lowest BCUT2D eigenvalue weighted by atomic mass is 9.99. The third-order valence-electron chi connectivity index (χ3n) is 14.7. The zero-order chi connectivity index (χ0) is 56.1. The van der Waals surface area contributed by atoms with Crippen LogP contribution in [0.5, 0.6) is 0 Å². The lowest BCUT2D eigenvalue weighted by Gasteiger charge is -2.41. The molecule has 0 spiro atoms. The molecule has 446 valence electrons. The second kappa shape index (κ2) is 53.7. The van der Waals surface area contributed by atoms with Crippen molar-refractivity contribution in [3.63, 3.8) is 0 Å². The number of rotatable bonds is 53. The number of aliphatic hydroxyl groups excluding tert-OH is 5. The first-order valence-corrected chi connectivity index (χ1v) is 31.8. The largest absolute Gasteiger partial charge is 0.454 e. The number of hydrogen-bond acceptors (Lipinski definition) is 10. The first-order chi connectivity index (χ1) is 37.7. The molecule has 1 aliphatic rings. The summed E-state index contributed by atoms with van der Waals surface area (Å²) in [6.07, 6.45) is 58.0. The van der Waals surface area contributed by atoms with Crippen molar-refractivity contribution < 1.29 is 49.3 Å². The van der Waals surface area contributed by atoms with Gasteiger partial charge in [0.1, 0.15) is 24.4 Å². The molecule has 1 saturated heterocycles. The van der Waals surface area contributed by atoms with E-state index >= 15 is 0 Å². The van der Waals surface area contributed by atoms with Gasteiger partial charge in [0.15, 0.2) is 12.4 Å². The summed E-state index contributed by atoms with van der Waals surface area (Å²) >= 11 is 0. The van der Waals surface area contributed by atoms with E-state index in [1.54, 1.807) is 6.08 Å². The van der Waals surface area contributed by atoms with E-state index in [0.717, 1.165) is 70.6 Å². The van der Waals surface area contributed by atoms with Crippen molar-refractivity contribution in [3.8, 4) is 0 Å². The summed E-state index contributed by atoms with van der Waals surface area (Å²) in [5, 5.41) is 57.0. The Morgan fingerprint density at radius 1 is 0.519 bits per heavy atom. The first kappa shape index (κ1) is 72.1. The number of amides is 1. The van der Waals surface area contributed by atoms with E-state index < -0.39 is 67.4 Å². The number of unbranched alkanes of at least 4 members (excludes halogenated alkanes) is 32. The zero-order valence-corrected chi connectivity index (χ0v) is 49.3. The van der Waals surface area contributed by atoms with E-state index in [2.05, 4.69) is 50.4 Å². The first-order valence-electron chi connectivity index (χ1n) is 31.8. The molecule has 0 saturated carbocycles. The van der Waals surface area contributed by atoms with Crippen LogP contribution in [0.4, 0.5) is 0 Å². The molecule has 0 aromatic heterocycles. The lowest BCUT2D eigenvalue weighted by Crippen LogP contribution is -2.61. The van der Waals surface area contributed by atoms with Crippen molar-refractivity contribution in [1.29, 1.82) is 0 Å². The predicted octanol–water partition coefficient (Wildman–Crippen LogP) is 15.2. The van der Waals surface area contributed by atoms with Crippen LogP contribution in [0, 0.1) is 0 Å². The van der Waals surface area contributed by atoms with Gasteiger partial charge in [-0.05, 0) is 70.6 Å². The minimum absolute atomic E-state index is 0.118. The normalized spacial score (nSPS) is 19.5. The smallest absolute Gasteiger partial charge is 0.306 e. The van der Waals surface area contributed by atoms with Gasteiger partial charge in [0.05, 0.1) is 25.4 Å². The summed E-state index contributed by atoms with van der Waals surface area (Å²) < 4.78 is 17.6. The SMILES string of the molecule is CC/C=C/C=C/C=C/C=C\CCCCCCC(O)C(=O)NC(COC1OC(CO)C(O)C(O)C1OC(=O)CCCCCCCCCCCCC/C=C/CCCCCCCC)C(O)/C=C/CCCCCCCCCCCCC. The van der Waals surface area contributed by atoms with Crippen LogP contribution in [0.1, 0.15) is 271 Å². The highest BCUT2D eigenvalue weighted by Crippen LogP contribution is 2.26. The van der Waals surface area contributed by atoms with Crippen LogP contribution in [-0.2, 0) is 23.8 Å². The maximum absolute atomic E-state index is 13.4. The Balaban J connectivity index is 2.66. The number of aliphatic hydroxyl groups is 5. The number of nitrogens with one attached hydrogen (secondary N) is 1. The van der Waals surface area contributed by atoms with E-state index in [9.17, 15) is 35.1 Å². The van der Waals surface area contributed by atoms with Crippen LogP contribution in [-0.4, -0.2) is 99.6 Å². The Labute approximate surface area is 471 Å². The molecule has 0 bridgehead atoms. The van der Waals surface area contributed by atoms with Crippen LogP contribution in [0.25, 0.3) is 0 Å². The van der Waals surface area contributed by atoms with Gasteiger partial charge < -0.3 is 45.1 Å². The Morgan fingerprint density at radius 2 is 0.948 bits per heavy atom. The minimum Gasteiger partial charge on any atom is -0.454 e. The Kier molecular flexibility index (Phi) is 50.3. The zero-order valence-electron chi connectivity index (χ0n) is 49.3. The van der Waals surface area contributed by atoms with Gasteiger partial charge in [-0.15, -0.1) is 0 Å². The molecule has 77 heavy (non-hydrogen) atoms. The topological polar surface area (TPSA) is 175 Å². The lowest BCUT2D eigenvalue weighted by molar-refractivity contribution is -0.305. The molecule has 0 aromatic carbocycles. The quantitative estimate of drug-likeness (QED) is 0.0149. The van der Waals surface area contributed by atoms with E-state index in [1.165, 1.54) is 154 Å². The van der Waals surface area contributed by atoms with E-state index in [0.29, 0.717) is 12.8 Å². The highest BCUT2D eigenvalue weighted by Gasteiger charge is 2.47. The van der Waals surface area contributed by atoms with Crippen molar-refractivity contribution >= 4 is 11.9 Å². The number of esters is 1. The summed E-state index contributed by atoms with van der Waals surface area (Å²) in [6, 6.07) is -1.04. The van der Waals surface area contributed by atoms with Gasteiger partial charge in [0, 0.05) is 6.42 Å². The van der Waals surface area contributed by atoms with Crippen LogP contribution >= 0.6 is 0 Å². The highest BCUT2D eigenvalue weighted by atomic mass is 16.7. The highest BCUT2D eigenvalue weighted by molar-refractivity contribution is 5.80. The number of carbonyl (C=O) groups is 2. The third kappa shape index (κ3) is 41.7. The molecule has 6 N–H and O–H groups in total. The average molecular weight is 1080 g/mol. The fourth-order valence-electron chi connectivity index (χ4n) is 9.66. The summed E-state index contributed by atoms with van der Waals surface area (Å²) in [5.41, 5.74) is 0.